The summed E-state index contributed by atoms with van der Waals surface area (Å²) in [5, 5.41) is 3.64. The first-order valence-electron chi connectivity index (χ1n) is 4.61. The van der Waals surface area contributed by atoms with Crippen molar-refractivity contribution < 1.29 is 23.0 Å². The second-order valence-corrected chi connectivity index (χ2v) is 2.88. The van der Waals surface area contributed by atoms with Gasteiger partial charge in [-0.25, -0.2) is 18.3 Å². The third-order valence-electron chi connectivity index (χ3n) is 1.83. The monoisotopic (exact) mass is 234 g/mol. The van der Waals surface area contributed by atoms with E-state index in [1.165, 1.54) is 7.11 Å². The number of ether oxygens (including phenoxy) is 2. The highest BCUT2D eigenvalue weighted by atomic mass is 19.3. The van der Waals surface area contributed by atoms with Crippen molar-refractivity contribution >= 4 is 5.97 Å². The van der Waals surface area contributed by atoms with Crippen LogP contribution in [0.15, 0.2) is 6.20 Å². The van der Waals surface area contributed by atoms with E-state index in [9.17, 15) is 13.6 Å². The molecule has 90 valence electrons. The molecule has 0 N–H and O–H groups in total. The second-order valence-electron chi connectivity index (χ2n) is 2.88. The summed E-state index contributed by atoms with van der Waals surface area (Å²) in [7, 11) is 1.35. The molecule has 0 saturated carbocycles. The van der Waals surface area contributed by atoms with Crippen LogP contribution in [0.4, 0.5) is 8.78 Å². The van der Waals surface area contributed by atoms with Crippen molar-refractivity contribution in [3.63, 3.8) is 0 Å². The van der Waals surface area contributed by atoms with Gasteiger partial charge in [0.05, 0.1) is 12.8 Å². The molecule has 0 saturated heterocycles. The summed E-state index contributed by atoms with van der Waals surface area (Å²) in [6, 6.07) is 0. The number of aromatic nitrogens is 2. The SMILES string of the molecule is CCOC(=O)c1cnn(COC)c1C(F)F. The van der Waals surface area contributed by atoms with Gasteiger partial charge in [-0.1, -0.05) is 0 Å². The normalized spacial score (nSPS) is 10.8. The molecule has 0 atom stereocenters. The average Bonchev–Trinajstić information content (AvgIpc) is 2.62. The fourth-order valence-corrected chi connectivity index (χ4v) is 1.22. The number of halogens is 2. The van der Waals surface area contributed by atoms with Gasteiger partial charge in [0.1, 0.15) is 18.0 Å². The van der Waals surface area contributed by atoms with Crippen molar-refractivity contribution in [1.29, 1.82) is 0 Å². The smallest absolute Gasteiger partial charge is 0.341 e. The van der Waals surface area contributed by atoms with E-state index in [0.29, 0.717) is 0 Å². The molecule has 7 heteroatoms. The van der Waals surface area contributed by atoms with E-state index in [2.05, 4.69) is 14.6 Å². The van der Waals surface area contributed by atoms with E-state index in [4.69, 9.17) is 0 Å². The van der Waals surface area contributed by atoms with E-state index in [1.807, 2.05) is 0 Å². The predicted octanol–water partition coefficient (Wildman–Crippen LogP) is 1.60. The van der Waals surface area contributed by atoms with E-state index < -0.39 is 18.1 Å². The van der Waals surface area contributed by atoms with Crippen LogP contribution in [0.2, 0.25) is 0 Å². The highest BCUT2D eigenvalue weighted by molar-refractivity contribution is 5.90. The maximum absolute atomic E-state index is 12.7. The van der Waals surface area contributed by atoms with Gasteiger partial charge in [0.15, 0.2) is 0 Å². The van der Waals surface area contributed by atoms with Gasteiger partial charge in [0.25, 0.3) is 6.43 Å². The maximum atomic E-state index is 12.7. The largest absolute Gasteiger partial charge is 0.462 e. The Morgan fingerprint density at radius 1 is 1.62 bits per heavy atom. The number of esters is 1. The molecule has 1 heterocycles. The van der Waals surface area contributed by atoms with E-state index in [1.54, 1.807) is 6.92 Å². The Balaban J connectivity index is 3.04. The van der Waals surface area contributed by atoms with Crippen LogP contribution in [0, 0.1) is 0 Å². The average molecular weight is 234 g/mol. The van der Waals surface area contributed by atoms with Crippen LogP contribution >= 0.6 is 0 Å². The zero-order valence-electron chi connectivity index (χ0n) is 8.94. The Labute approximate surface area is 90.9 Å². The number of carbonyl (C=O) groups excluding carboxylic acids is 1. The molecule has 1 aromatic heterocycles. The summed E-state index contributed by atoms with van der Waals surface area (Å²) in [6.45, 7) is 1.58. The molecule has 0 fully saturated rings. The summed E-state index contributed by atoms with van der Waals surface area (Å²) in [5.74, 6) is -0.805. The second kappa shape index (κ2) is 5.55. The number of nitrogens with zero attached hydrogens (tertiary/aromatic N) is 2. The third kappa shape index (κ3) is 2.54. The Bertz CT molecular complexity index is 366. The summed E-state index contributed by atoms with van der Waals surface area (Å²) < 4.78 is 35.7. The van der Waals surface area contributed by atoms with Crippen molar-refractivity contribution in [2.45, 2.75) is 20.1 Å². The molecule has 0 aromatic carbocycles. The molecule has 0 amide bonds. The fraction of sp³-hybridized carbons (Fsp3) is 0.556. The van der Waals surface area contributed by atoms with Gasteiger partial charge in [-0.05, 0) is 6.92 Å². The fourth-order valence-electron chi connectivity index (χ4n) is 1.22. The molecule has 0 radical (unpaired) electrons. The number of rotatable bonds is 5. The molecule has 1 aromatic rings. The lowest BCUT2D eigenvalue weighted by molar-refractivity contribution is 0.0507. The summed E-state index contributed by atoms with van der Waals surface area (Å²) in [4.78, 5) is 11.3. The van der Waals surface area contributed by atoms with Gasteiger partial charge in [-0.15, -0.1) is 0 Å². The molecule has 0 unspecified atom stereocenters. The minimum absolute atomic E-state index is 0.122. The molecule has 5 nitrogen and oxygen atoms in total. The lowest BCUT2D eigenvalue weighted by atomic mass is 10.2. The van der Waals surface area contributed by atoms with Gasteiger partial charge < -0.3 is 9.47 Å². The minimum atomic E-state index is -2.81. The Kier molecular flexibility index (Phi) is 4.36. The zero-order chi connectivity index (χ0) is 12.1. The first-order valence-corrected chi connectivity index (χ1v) is 4.61. The Hall–Kier alpha value is -1.50. The van der Waals surface area contributed by atoms with Crippen molar-refractivity contribution in [2.75, 3.05) is 13.7 Å². The van der Waals surface area contributed by atoms with E-state index in [-0.39, 0.29) is 18.9 Å². The first-order chi connectivity index (χ1) is 7.61. The molecule has 0 aliphatic rings. The quantitative estimate of drug-likeness (QED) is 0.726. The number of hydrogen-bond donors (Lipinski definition) is 0. The van der Waals surface area contributed by atoms with E-state index in [0.717, 1.165) is 10.9 Å². The number of alkyl halides is 2. The van der Waals surface area contributed by atoms with Crippen LogP contribution in [0.25, 0.3) is 0 Å². The highest BCUT2D eigenvalue weighted by Crippen LogP contribution is 2.23. The number of hydrogen-bond acceptors (Lipinski definition) is 4. The number of methoxy groups -OCH3 is 1. The van der Waals surface area contributed by atoms with E-state index >= 15 is 0 Å². The minimum Gasteiger partial charge on any atom is -0.462 e. The van der Waals surface area contributed by atoms with Crippen LogP contribution in [0.1, 0.15) is 29.4 Å². The van der Waals surface area contributed by atoms with Gasteiger partial charge >= 0.3 is 5.97 Å². The molecule has 0 aliphatic carbocycles. The van der Waals surface area contributed by atoms with Crippen LogP contribution in [0.5, 0.6) is 0 Å². The topological polar surface area (TPSA) is 53.3 Å². The number of carbonyl (C=O) groups is 1. The van der Waals surface area contributed by atoms with Crippen LogP contribution < -0.4 is 0 Å². The summed E-state index contributed by atoms with van der Waals surface area (Å²) >= 11 is 0. The molecular formula is C9H12F2N2O3. The van der Waals surface area contributed by atoms with Gasteiger partial charge in [0.2, 0.25) is 0 Å². The molecule has 16 heavy (non-hydrogen) atoms. The van der Waals surface area contributed by atoms with Crippen LogP contribution in [-0.2, 0) is 16.2 Å². The predicted molar refractivity (Wildman–Crippen MR) is 50.1 cm³/mol. The molecule has 0 aliphatic heterocycles. The highest BCUT2D eigenvalue weighted by Gasteiger charge is 2.25. The van der Waals surface area contributed by atoms with Crippen LogP contribution in [0.3, 0.4) is 0 Å². The Morgan fingerprint density at radius 3 is 2.81 bits per heavy atom. The summed E-state index contributed by atoms with van der Waals surface area (Å²) in [6.07, 6.45) is -1.75. The van der Waals surface area contributed by atoms with Crippen molar-refractivity contribution in [2.24, 2.45) is 0 Å². The van der Waals surface area contributed by atoms with Crippen molar-refractivity contribution in [3.8, 4) is 0 Å². The lowest BCUT2D eigenvalue weighted by Crippen LogP contribution is -2.11. The van der Waals surface area contributed by atoms with Gasteiger partial charge in [-0.2, -0.15) is 5.10 Å². The first kappa shape index (κ1) is 12.6. The lowest BCUT2D eigenvalue weighted by Gasteiger charge is -2.07. The molecular weight excluding hydrogens is 222 g/mol. The van der Waals surface area contributed by atoms with Gasteiger partial charge in [0, 0.05) is 7.11 Å². The molecule has 0 spiro atoms. The van der Waals surface area contributed by atoms with Crippen LogP contribution in [-0.4, -0.2) is 29.5 Å². The van der Waals surface area contributed by atoms with Crippen molar-refractivity contribution in [1.82, 2.24) is 9.78 Å². The maximum Gasteiger partial charge on any atom is 0.341 e. The third-order valence-corrected chi connectivity index (χ3v) is 1.83. The zero-order valence-corrected chi connectivity index (χ0v) is 8.94. The van der Waals surface area contributed by atoms with Gasteiger partial charge in [-0.3, -0.25) is 0 Å². The molecule has 0 bridgehead atoms. The molecule has 1 rings (SSSR count). The van der Waals surface area contributed by atoms with Crippen molar-refractivity contribution in [3.05, 3.63) is 17.5 Å². The Morgan fingerprint density at radius 2 is 2.31 bits per heavy atom. The summed E-state index contributed by atoms with van der Waals surface area (Å²) in [5.41, 5.74) is -0.714. The standard InChI is InChI=1S/C9H12F2N2O3/c1-3-16-9(14)6-4-12-13(5-15-2)7(6)8(10)11/h4,8H,3,5H2,1-2H3.